The Morgan fingerprint density at radius 2 is 1.67 bits per heavy atom. The summed E-state index contributed by atoms with van der Waals surface area (Å²) in [5.74, 6) is -2.16. The molecule has 0 aliphatic carbocycles. The van der Waals surface area contributed by atoms with Crippen LogP contribution in [0.1, 0.15) is 22.3 Å². The lowest BCUT2D eigenvalue weighted by Crippen LogP contribution is -2.53. The summed E-state index contributed by atoms with van der Waals surface area (Å²) in [6, 6.07) is 21.9. The lowest BCUT2D eigenvalue weighted by molar-refractivity contribution is -0.142. The number of likely N-dealkylation sites (tertiary alicyclic amines) is 1. The monoisotopic (exact) mass is 481 g/mol. The van der Waals surface area contributed by atoms with Crippen molar-refractivity contribution in [3.8, 4) is 5.75 Å². The highest BCUT2D eigenvalue weighted by Gasteiger charge is 2.70. The van der Waals surface area contributed by atoms with Gasteiger partial charge in [-0.2, -0.15) is 0 Å². The van der Waals surface area contributed by atoms with Crippen molar-refractivity contribution in [1.29, 1.82) is 0 Å². The summed E-state index contributed by atoms with van der Waals surface area (Å²) in [5.41, 5.74) is 3.02. The van der Waals surface area contributed by atoms with E-state index in [9.17, 15) is 19.5 Å². The highest BCUT2D eigenvalue weighted by Crippen LogP contribution is 2.53. The number of hydrogen-bond acceptors (Lipinski definition) is 5. The number of carbonyl (C=O) groups excluding carboxylic acids is 3. The zero-order valence-electron chi connectivity index (χ0n) is 19.9. The molecule has 2 fully saturated rings. The molecule has 182 valence electrons. The van der Waals surface area contributed by atoms with E-state index in [4.69, 9.17) is 0 Å². The normalized spacial score (nSPS) is 26.4. The van der Waals surface area contributed by atoms with E-state index in [1.807, 2.05) is 55.5 Å². The number of fused-ring (bicyclic) bond motifs is 4. The zero-order valence-corrected chi connectivity index (χ0v) is 19.9. The van der Waals surface area contributed by atoms with E-state index in [0.29, 0.717) is 18.5 Å². The van der Waals surface area contributed by atoms with Crippen LogP contribution in [0.2, 0.25) is 0 Å². The SMILES string of the molecule is Cc1ccc2c(c1)[C@]1(N[C@@H](Cc3ccc(O)cc3)[C@H]3C(=O)N(CCc4ccccc4)C(=O)[C@@H]31)C(=O)N2. The molecule has 2 saturated heterocycles. The van der Waals surface area contributed by atoms with Gasteiger partial charge < -0.3 is 10.4 Å². The van der Waals surface area contributed by atoms with Gasteiger partial charge in [0.05, 0.1) is 11.8 Å². The van der Waals surface area contributed by atoms with Gasteiger partial charge in [0, 0.05) is 23.8 Å². The minimum absolute atomic E-state index is 0.159. The number of rotatable bonds is 5. The molecule has 0 saturated carbocycles. The molecule has 36 heavy (non-hydrogen) atoms. The van der Waals surface area contributed by atoms with E-state index < -0.39 is 23.4 Å². The fourth-order valence-corrected chi connectivity index (χ4v) is 6.14. The number of amides is 3. The summed E-state index contributed by atoms with van der Waals surface area (Å²) in [4.78, 5) is 42.7. The predicted molar refractivity (Wildman–Crippen MR) is 134 cm³/mol. The molecule has 1 spiro atoms. The number of benzene rings is 3. The van der Waals surface area contributed by atoms with Gasteiger partial charge in [0.1, 0.15) is 11.3 Å². The molecule has 0 radical (unpaired) electrons. The summed E-state index contributed by atoms with van der Waals surface area (Å²) < 4.78 is 0. The standard InChI is InChI=1S/C29H27N3O4/c1-17-7-12-22-21(15-17)29(28(36)30-22)25-24(23(31-29)16-19-8-10-20(33)11-9-19)26(34)32(27(25)35)14-13-18-5-3-2-4-6-18/h2-12,15,23-25,31,33H,13-14,16H2,1H3,(H,30,36)/t23-,24+,25+,29+/m0/s1. The fourth-order valence-electron chi connectivity index (χ4n) is 6.14. The number of aryl methyl sites for hydroxylation is 1. The van der Waals surface area contributed by atoms with Gasteiger partial charge in [-0.05, 0) is 49.1 Å². The molecule has 3 N–H and O–H groups in total. The number of phenolic OH excluding ortho intramolecular Hbond substituents is 1. The van der Waals surface area contributed by atoms with Crippen molar-refractivity contribution in [3.63, 3.8) is 0 Å². The highest BCUT2D eigenvalue weighted by molar-refractivity contribution is 6.15. The lowest BCUT2D eigenvalue weighted by Gasteiger charge is -2.29. The van der Waals surface area contributed by atoms with Crippen molar-refractivity contribution in [1.82, 2.24) is 10.2 Å². The first-order valence-corrected chi connectivity index (χ1v) is 12.3. The van der Waals surface area contributed by atoms with Crippen LogP contribution in [0.15, 0.2) is 72.8 Å². The quantitative estimate of drug-likeness (QED) is 0.487. The van der Waals surface area contributed by atoms with Crippen LogP contribution in [-0.4, -0.2) is 40.3 Å². The van der Waals surface area contributed by atoms with Crippen molar-refractivity contribution >= 4 is 23.4 Å². The molecule has 3 aliphatic rings. The molecule has 6 rings (SSSR count). The molecule has 7 heteroatoms. The molecule has 3 amide bonds. The molecule has 0 aromatic heterocycles. The van der Waals surface area contributed by atoms with Crippen molar-refractivity contribution in [2.75, 3.05) is 11.9 Å². The average Bonchev–Trinajstić information content (AvgIpc) is 3.44. The van der Waals surface area contributed by atoms with Crippen LogP contribution < -0.4 is 10.6 Å². The Morgan fingerprint density at radius 3 is 2.42 bits per heavy atom. The third kappa shape index (κ3) is 3.34. The first kappa shape index (κ1) is 22.5. The second-order valence-corrected chi connectivity index (χ2v) is 10.00. The Bertz CT molecular complexity index is 1370. The summed E-state index contributed by atoms with van der Waals surface area (Å²) in [6.07, 6.45) is 1.01. The van der Waals surface area contributed by atoms with E-state index in [1.165, 1.54) is 4.90 Å². The number of anilines is 1. The number of nitrogens with one attached hydrogen (secondary N) is 2. The van der Waals surface area contributed by atoms with Gasteiger partial charge in [-0.15, -0.1) is 0 Å². The summed E-state index contributed by atoms with van der Waals surface area (Å²) in [6.45, 7) is 2.23. The molecule has 7 nitrogen and oxygen atoms in total. The van der Waals surface area contributed by atoms with Gasteiger partial charge in [-0.3, -0.25) is 24.6 Å². The number of imide groups is 1. The second-order valence-electron chi connectivity index (χ2n) is 10.00. The maximum Gasteiger partial charge on any atom is 0.250 e. The molecule has 3 heterocycles. The highest BCUT2D eigenvalue weighted by atomic mass is 16.3. The Balaban J connectivity index is 1.40. The van der Waals surface area contributed by atoms with E-state index in [2.05, 4.69) is 10.6 Å². The van der Waals surface area contributed by atoms with Gasteiger partial charge in [0.25, 0.3) is 0 Å². The average molecular weight is 482 g/mol. The lowest BCUT2D eigenvalue weighted by atomic mass is 9.76. The first-order chi connectivity index (χ1) is 17.4. The minimum atomic E-state index is -1.30. The van der Waals surface area contributed by atoms with E-state index in [1.54, 1.807) is 24.3 Å². The molecule has 3 aromatic carbocycles. The smallest absolute Gasteiger partial charge is 0.250 e. The van der Waals surface area contributed by atoms with Gasteiger partial charge in [-0.25, -0.2) is 0 Å². The molecule has 0 unspecified atom stereocenters. The Hall–Kier alpha value is -3.97. The first-order valence-electron chi connectivity index (χ1n) is 12.3. The van der Waals surface area contributed by atoms with Crippen molar-refractivity contribution in [3.05, 3.63) is 95.1 Å². The Morgan fingerprint density at radius 1 is 0.917 bits per heavy atom. The molecule has 3 aromatic rings. The molecule has 4 atom stereocenters. The van der Waals surface area contributed by atoms with Crippen LogP contribution in [0.3, 0.4) is 0 Å². The van der Waals surface area contributed by atoms with Crippen LogP contribution in [-0.2, 0) is 32.8 Å². The Labute approximate surface area is 209 Å². The maximum atomic E-state index is 13.9. The summed E-state index contributed by atoms with van der Waals surface area (Å²) in [7, 11) is 0. The number of aromatic hydroxyl groups is 1. The second kappa shape index (κ2) is 8.31. The molecular weight excluding hydrogens is 454 g/mol. The van der Waals surface area contributed by atoms with Gasteiger partial charge in [0.15, 0.2) is 0 Å². The Kier molecular flexibility index (Phi) is 5.19. The van der Waals surface area contributed by atoms with Gasteiger partial charge in [-0.1, -0.05) is 60.2 Å². The number of phenols is 1. The van der Waals surface area contributed by atoms with Crippen LogP contribution in [0.5, 0.6) is 5.75 Å². The van der Waals surface area contributed by atoms with Gasteiger partial charge in [0.2, 0.25) is 17.7 Å². The molecule has 0 bridgehead atoms. The largest absolute Gasteiger partial charge is 0.508 e. The summed E-state index contributed by atoms with van der Waals surface area (Å²) in [5, 5.41) is 16.1. The fraction of sp³-hybridized carbons (Fsp3) is 0.276. The van der Waals surface area contributed by atoms with Gasteiger partial charge >= 0.3 is 0 Å². The van der Waals surface area contributed by atoms with Crippen LogP contribution >= 0.6 is 0 Å². The van der Waals surface area contributed by atoms with Crippen LogP contribution in [0.4, 0.5) is 5.69 Å². The van der Waals surface area contributed by atoms with E-state index in [0.717, 1.165) is 22.3 Å². The minimum Gasteiger partial charge on any atom is -0.508 e. The van der Waals surface area contributed by atoms with Crippen molar-refractivity contribution < 1.29 is 19.5 Å². The predicted octanol–water partition coefficient (Wildman–Crippen LogP) is 2.91. The third-order valence-corrected chi connectivity index (χ3v) is 7.82. The number of nitrogens with zero attached hydrogens (tertiary/aromatic N) is 1. The topological polar surface area (TPSA) is 98.7 Å². The van der Waals surface area contributed by atoms with Crippen LogP contribution in [0, 0.1) is 18.8 Å². The number of carbonyl (C=O) groups is 3. The summed E-state index contributed by atoms with van der Waals surface area (Å²) >= 11 is 0. The molecule has 3 aliphatic heterocycles. The number of hydrogen-bond donors (Lipinski definition) is 3. The van der Waals surface area contributed by atoms with E-state index in [-0.39, 0.29) is 30.0 Å². The third-order valence-electron chi connectivity index (χ3n) is 7.82. The van der Waals surface area contributed by atoms with Crippen molar-refractivity contribution in [2.45, 2.75) is 31.3 Å². The maximum absolute atomic E-state index is 13.9. The van der Waals surface area contributed by atoms with Crippen molar-refractivity contribution in [2.24, 2.45) is 11.8 Å². The van der Waals surface area contributed by atoms with E-state index >= 15 is 0 Å². The zero-order chi connectivity index (χ0) is 25.0. The van der Waals surface area contributed by atoms with Crippen LogP contribution in [0.25, 0.3) is 0 Å². The molecular formula is C29H27N3O4.